The average molecular weight is 412 g/mol. The minimum Gasteiger partial charge on any atom is -0.448 e. The highest BCUT2D eigenvalue weighted by atomic mass is 32.1. The van der Waals surface area contributed by atoms with E-state index in [1.165, 1.54) is 30.4 Å². The van der Waals surface area contributed by atoms with Crippen molar-refractivity contribution in [3.63, 3.8) is 0 Å². The zero-order valence-electron chi connectivity index (χ0n) is 16.1. The van der Waals surface area contributed by atoms with Gasteiger partial charge in [-0.1, -0.05) is 42.5 Å². The molecule has 3 aromatic rings. The van der Waals surface area contributed by atoms with Gasteiger partial charge in [-0.3, -0.25) is 4.79 Å². The molecule has 0 aliphatic carbocycles. The Morgan fingerprint density at radius 3 is 2.52 bits per heavy atom. The van der Waals surface area contributed by atoms with E-state index in [0.717, 1.165) is 16.1 Å². The maximum Gasteiger partial charge on any atom is 0.351 e. The van der Waals surface area contributed by atoms with Crippen LogP contribution in [0, 0.1) is 12.7 Å². The molecule has 1 heterocycles. The lowest BCUT2D eigenvalue weighted by Crippen LogP contribution is -2.36. The summed E-state index contributed by atoms with van der Waals surface area (Å²) in [7, 11) is 0. The first-order valence-electron chi connectivity index (χ1n) is 9.20. The number of hydrogen-bond acceptors (Lipinski definition) is 5. The van der Waals surface area contributed by atoms with Crippen LogP contribution in [0.5, 0.6) is 0 Å². The molecule has 1 aromatic heterocycles. The molecule has 0 saturated carbocycles. The maximum absolute atomic E-state index is 12.9. The normalized spacial score (nSPS) is 11.7. The monoisotopic (exact) mass is 412 g/mol. The third kappa shape index (κ3) is 5.48. The van der Waals surface area contributed by atoms with Crippen LogP contribution in [0.3, 0.4) is 0 Å². The van der Waals surface area contributed by atoms with E-state index in [4.69, 9.17) is 4.74 Å². The second-order valence-corrected chi connectivity index (χ2v) is 7.51. The van der Waals surface area contributed by atoms with E-state index in [-0.39, 0.29) is 11.7 Å². The van der Waals surface area contributed by atoms with Gasteiger partial charge in [0.15, 0.2) is 6.10 Å². The summed E-state index contributed by atoms with van der Waals surface area (Å²) in [4.78, 5) is 29.5. The van der Waals surface area contributed by atoms with Crippen molar-refractivity contribution in [3.05, 3.63) is 76.5 Å². The van der Waals surface area contributed by atoms with Crippen molar-refractivity contribution in [1.82, 2.24) is 10.3 Å². The van der Waals surface area contributed by atoms with Crippen LogP contribution in [0.2, 0.25) is 0 Å². The van der Waals surface area contributed by atoms with Crippen molar-refractivity contribution in [2.45, 2.75) is 26.4 Å². The van der Waals surface area contributed by atoms with E-state index in [1.54, 1.807) is 19.1 Å². The van der Waals surface area contributed by atoms with Gasteiger partial charge in [0.25, 0.3) is 5.91 Å². The molecule has 0 fully saturated rings. The van der Waals surface area contributed by atoms with Gasteiger partial charge in [-0.2, -0.15) is 0 Å². The zero-order chi connectivity index (χ0) is 20.8. The van der Waals surface area contributed by atoms with Crippen LogP contribution in [0.4, 0.5) is 4.39 Å². The van der Waals surface area contributed by atoms with Crippen LogP contribution in [0.1, 0.15) is 27.9 Å². The Morgan fingerprint density at radius 1 is 1.14 bits per heavy atom. The summed E-state index contributed by atoms with van der Waals surface area (Å²) in [6.45, 7) is 3.64. The number of halogens is 1. The molecule has 0 radical (unpaired) electrons. The van der Waals surface area contributed by atoms with E-state index < -0.39 is 12.1 Å². The molecular formula is C22H21FN2O3S. The summed E-state index contributed by atoms with van der Waals surface area (Å²) < 4.78 is 18.2. The number of thiazole rings is 1. The van der Waals surface area contributed by atoms with Crippen molar-refractivity contribution in [2.75, 3.05) is 6.54 Å². The van der Waals surface area contributed by atoms with Crippen molar-refractivity contribution < 1.29 is 18.7 Å². The lowest BCUT2D eigenvalue weighted by atomic mass is 10.1. The Morgan fingerprint density at radius 2 is 1.83 bits per heavy atom. The minimum atomic E-state index is -0.933. The Kier molecular flexibility index (Phi) is 6.72. The van der Waals surface area contributed by atoms with Gasteiger partial charge >= 0.3 is 5.97 Å². The number of aryl methyl sites for hydroxylation is 1. The summed E-state index contributed by atoms with van der Waals surface area (Å²) in [5.41, 5.74) is 2.40. The van der Waals surface area contributed by atoms with Gasteiger partial charge < -0.3 is 10.1 Å². The fraction of sp³-hybridized carbons (Fsp3) is 0.227. The van der Waals surface area contributed by atoms with Gasteiger partial charge in [-0.15, -0.1) is 11.3 Å². The van der Waals surface area contributed by atoms with Gasteiger partial charge in [0.2, 0.25) is 0 Å². The van der Waals surface area contributed by atoms with Crippen molar-refractivity contribution in [3.8, 4) is 10.6 Å². The molecule has 7 heteroatoms. The number of carbonyl (C=O) groups is 2. The smallest absolute Gasteiger partial charge is 0.351 e. The lowest BCUT2D eigenvalue weighted by Gasteiger charge is -2.13. The predicted octanol–water partition coefficient (Wildman–Crippen LogP) is 4.16. The number of aromatic nitrogens is 1. The summed E-state index contributed by atoms with van der Waals surface area (Å²) >= 11 is 1.24. The summed E-state index contributed by atoms with van der Waals surface area (Å²) in [5.74, 6) is -1.25. The number of nitrogens with zero attached hydrogens (tertiary/aromatic N) is 1. The highest BCUT2D eigenvalue weighted by Gasteiger charge is 2.23. The number of esters is 1. The summed E-state index contributed by atoms with van der Waals surface area (Å²) in [6, 6.07) is 15.7. The molecule has 0 aliphatic heterocycles. The lowest BCUT2D eigenvalue weighted by molar-refractivity contribution is -0.129. The third-order valence-corrected chi connectivity index (χ3v) is 5.47. The molecule has 150 valence electrons. The Hall–Kier alpha value is -3.06. The molecule has 5 nitrogen and oxygen atoms in total. The molecule has 0 spiro atoms. The molecule has 29 heavy (non-hydrogen) atoms. The van der Waals surface area contributed by atoms with Crippen molar-refractivity contribution >= 4 is 23.2 Å². The molecule has 0 bridgehead atoms. The molecule has 1 amide bonds. The topological polar surface area (TPSA) is 68.3 Å². The van der Waals surface area contributed by atoms with Crippen molar-refractivity contribution in [1.29, 1.82) is 0 Å². The van der Waals surface area contributed by atoms with Crippen LogP contribution in [0.15, 0.2) is 54.6 Å². The average Bonchev–Trinajstić information content (AvgIpc) is 3.12. The van der Waals surface area contributed by atoms with E-state index in [0.29, 0.717) is 23.5 Å². The van der Waals surface area contributed by atoms with Gasteiger partial charge in [0.05, 0.1) is 5.69 Å². The van der Waals surface area contributed by atoms with E-state index in [1.807, 2.05) is 30.3 Å². The predicted molar refractivity (Wildman–Crippen MR) is 110 cm³/mol. The fourth-order valence-electron chi connectivity index (χ4n) is 2.68. The Balaban J connectivity index is 1.53. The number of benzene rings is 2. The third-order valence-electron chi connectivity index (χ3n) is 4.28. The Labute approximate surface area is 172 Å². The summed E-state index contributed by atoms with van der Waals surface area (Å²) in [5, 5.41) is 3.45. The number of rotatable bonds is 7. The molecule has 0 saturated heterocycles. The SMILES string of the molecule is Cc1nc(-c2ccccc2)sc1C(=O)O[C@@H](C)C(=O)NCCc1ccc(F)cc1. The van der Waals surface area contributed by atoms with E-state index in [9.17, 15) is 14.0 Å². The molecular weight excluding hydrogens is 391 g/mol. The first-order chi connectivity index (χ1) is 13.9. The van der Waals surface area contributed by atoms with Crippen LogP contribution in [-0.4, -0.2) is 29.5 Å². The van der Waals surface area contributed by atoms with Crippen LogP contribution in [-0.2, 0) is 16.0 Å². The van der Waals surface area contributed by atoms with Gasteiger partial charge in [-0.05, 0) is 38.0 Å². The molecule has 1 atom stereocenters. The molecule has 0 aliphatic rings. The standard InChI is InChI=1S/C22H21FN2O3S/c1-14-19(29-21(25-14)17-6-4-3-5-7-17)22(27)28-15(2)20(26)24-13-12-16-8-10-18(23)11-9-16/h3-11,15H,12-13H2,1-2H3,(H,24,26)/t15-/m0/s1. The number of amides is 1. The number of ether oxygens (including phenoxy) is 1. The first-order valence-corrected chi connectivity index (χ1v) is 10.0. The van der Waals surface area contributed by atoms with Gasteiger partial charge in [-0.25, -0.2) is 14.2 Å². The number of carbonyl (C=O) groups excluding carboxylic acids is 2. The van der Waals surface area contributed by atoms with Crippen LogP contribution >= 0.6 is 11.3 Å². The highest BCUT2D eigenvalue weighted by molar-refractivity contribution is 7.17. The number of nitrogens with one attached hydrogen (secondary N) is 1. The van der Waals surface area contributed by atoms with E-state index >= 15 is 0 Å². The van der Waals surface area contributed by atoms with Gasteiger partial charge in [0, 0.05) is 12.1 Å². The zero-order valence-corrected chi connectivity index (χ0v) is 17.0. The maximum atomic E-state index is 12.9. The quantitative estimate of drug-likeness (QED) is 0.592. The largest absolute Gasteiger partial charge is 0.448 e. The minimum absolute atomic E-state index is 0.299. The number of hydrogen-bond donors (Lipinski definition) is 1. The van der Waals surface area contributed by atoms with Crippen molar-refractivity contribution in [2.24, 2.45) is 0 Å². The second-order valence-electron chi connectivity index (χ2n) is 6.51. The molecule has 1 N–H and O–H groups in total. The van der Waals surface area contributed by atoms with Crippen LogP contribution in [0.25, 0.3) is 10.6 Å². The highest BCUT2D eigenvalue weighted by Crippen LogP contribution is 2.28. The van der Waals surface area contributed by atoms with Gasteiger partial charge in [0.1, 0.15) is 15.7 Å². The molecule has 2 aromatic carbocycles. The Bertz CT molecular complexity index is 987. The molecule has 0 unspecified atom stereocenters. The fourth-order valence-corrected chi connectivity index (χ4v) is 3.64. The first kappa shape index (κ1) is 20.7. The van der Waals surface area contributed by atoms with Crippen LogP contribution < -0.4 is 5.32 Å². The summed E-state index contributed by atoms with van der Waals surface area (Å²) in [6.07, 6.45) is -0.376. The second kappa shape index (κ2) is 9.43. The van der Waals surface area contributed by atoms with E-state index in [2.05, 4.69) is 10.3 Å². The molecule has 3 rings (SSSR count).